The zero-order valence-electron chi connectivity index (χ0n) is 14.0. The van der Waals surface area contributed by atoms with E-state index in [4.69, 9.17) is 4.74 Å². The fourth-order valence-corrected chi connectivity index (χ4v) is 2.45. The number of amides is 1. The van der Waals surface area contributed by atoms with Crippen LogP contribution in [0.4, 0.5) is 18.9 Å². The van der Waals surface area contributed by atoms with Crippen LogP contribution in [0, 0.1) is 24.2 Å². The number of alkyl halides is 3. The van der Waals surface area contributed by atoms with Crippen molar-refractivity contribution in [1.29, 1.82) is 5.26 Å². The first-order valence-corrected chi connectivity index (χ1v) is 7.89. The summed E-state index contributed by atoms with van der Waals surface area (Å²) in [6, 6.07) is 6.84. The Morgan fingerprint density at radius 3 is 2.64 bits per heavy atom. The molecular formula is C17H20F3N3O2. The summed E-state index contributed by atoms with van der Waals surface area (Å²) in [5.41, 5.74) is 0.106. The lowest BCUT2D eigenvalue weighted by atomic mass is 9.98. The molecule has 0 aromatic heterocycles. The van der Waals surface area contributed by atoms with Crippen LogP contribution < -0.4 is 15.4 Å². The number of carbonyl (C=O) groups is 1. The molecule has 0 unspecified atom stereocenters. The van der Waals surface area contributed by atoms with Crippen LogP contribution in [-0.4, -0.2) is 30.8 Å². The first kappa shape index (κ1) is 18.9. The number of benzene rings is 1. The zero-order valence-corrected chi connectivity index (χ0v) is 14.0. The smallest absolute Gasteiger partial charge is 0.422 e. The van der Waals surface area contributed by atoms with Gasteiger partial charge < -0.3 is 15.4 Å². The number of carbonyl (C=O) groups excluding carboxylic acids is 1. The number of nitrogens with one attached hydrogen (secondary N) is 2. The topological polar surface area (TPSA) is 74.2 Å². The molecule has 1 aromatic carbocycles. The van der Waals surface area contributed by atoms with Gasteiger partial charge in [-0.1, -0.05) is 6.07 Å². The summed E-state index contributed by atoms with van der Waals surface area (Å²) < 4.78 is 41.9. The van der Waals surface area contributed by atoms with Crippen molar-refractivity contribution in [2.75, 3.05) is 18.5 Å². The zero-order chi connectivity index (χ0) is 18.7. The molecule has 136 valence electrons. The molecule has 25 heavy (non-hydrogen) atoms. The van der Waals surface area contributed by atoms with E-state index in [-0.39, 0.29) is 23.9 Å². The largest absolute Gasteiger partial charge is 0.482 e. The van der Waals surface area contributed by atoms with Gasteiger partial charge in [-0.15, -0.1) is 0 Å². The number of nitrogens with zero attached hydrogens (tertiary/aromatic N) is 1. The van der Waals surface area contributed by atoms with Crippen LogP contribution in [0.5, 0.6) is 5.75 Å². The number of nitriles is 1. The number of hydrogen-bond acceptors (Lipinski definition) is 4. The molecule has 1 saturated carbocycles. The minimum absolute atomic E-state index is 0.0235. The second-order valence-corrected chi connectivity index (χ2v) is 6.39. The third kappa shape index (κ3) is 5.55. The van der Waals surface area contributed by atoms with Crippen LogP contribution in [-0.2, 0) is 4.79 Å². The normalized spacial score (nSPS) is 16.5. The molecule has 8 heteroatoms. The Hall–Kier alpha value is -2.43. The van der Waals surface area contributed by atoms with Crippen molar-refractivity contribution in [3.8, 4) is 11.8 Å². The van der Waals surface area contributed by atoms with Crippen molar-refractivity contribution >= 4 is 11.6 Å². The van der Waals surface area contributed by atoms with Crippen LogP contribution in [0.15, 0.2) is 18.2 Å². The van der Waals surface area contributed by atoms with Gasteiger partial charge in [0.05, 0.1) is 18.3 Å². The highest BCUT2D eigenvalue weighted by atomic mass is 19.4. The van der Waals surface area contributed by atoms with Gasteiger partial charge in [0.15, 0.2) is 6.61 Å². The molecule has 0 aliphatic heterocycles. The van der Waals surface area contributed by atoms with Crippen LogP contribution >= 0.6 is 0 Å². The van der Waals surface area contributed by atoms with Gasteiger partial charge in [0.2, 0.25) is 5.91 Å². The Morgan fingerprint density at radius 1 is 1.40 bits per heavy atom. The van der Waals surface area contributed by atoms with Crippen molar-refractivity contribution in [2.24, 2.45) is 5.92 Å². The second-order valence-electron chi connectivity index (χ2n) is 6.39. The molecule has 0 bridgehead atoms. The Balaban J connectivity index is 1.97. The lowest BCUT2D eigenvalue weighted by molar-refractivity contribution is -0.153. The molecule has 1 aromatic rings. The van der Waals surface area contributed by atoms with Crippen molar-refractivity contribution in [3.63, 3.8) is 0 Å². The molecule has 1 aliphatic rings. The van der Waals surface area contributed by atoms with Gasteiger partial charge in [-0.3, -0.25) is 4.79 Å². The molecule has 2 rings (SSSR count). The maximum atomic E-state index is 12.4. The predicted octanol–water partition coefficient (Wildman–Crippen LogP) is 3.16. The van der Waals surface area contributed by atoms with Gasteiger partial charge >= 0.3 is 6.18 Å². The number of aryl methyl sites for hydroxylation is 1. The molecule has 1 amide bonds. The number of ether oxygens (including phenoxy) is 1. The lowest BCUT2D eigenvalue weighted by Crippen LogP contribution is -2.48. The van der Waals surface area contributed by atoms with Crippen LogP contribution in [0.3, 0.4) is 0 Å². The van der Waals surface area contributed by atoms with E-state index in [1.54, 1.807) is 26.0 Å². The highest BCUT2D eigenvalue weighted by molar-refractivity contribution is 5.82. The first-order chi connectivity index (χ1) is 11.6. The molecule has 0 radical (unpaired) electrons. The van der Waals surface area contributed by atoms with E-state index in [2.05, 4.69) is 16.7 Å². The van der Waals surface area contributed by atoms with Gasteiger partial charge in [0.25, 0.3) is 0 Å². The van der Waals surface area contributed by atoms with Crippen molar-refractivity contribution < 1.29 is 22.7 Å². The van der Waals surface area contributed by atoms with Crippen LogP contribution in [0.1, 0.15) is 25.3 Å². The third-order valence-electron chi connectivity index (χ3n) is 3.99. The van der Waals surface area contributed by atoms with E-state index < -0.39 is 24.2 Å². The highest BCUT2D eigenvalue weighted by Gasteiger charge is 2.42. The highest BCUT2D eigenvalue weighted by Crippen LogP contribution is 2.39. The van der Waals surface area contributed by atoms with E-state index >= 15 is 0 Å². The van der Waals surface area contributed by atoms with E-state index in [0.717, 1.165) is 18.4 Å². The van der Waals surface area contributed by atoms with Gasteiger partial charge in [0.1, 0.15) is 11.3 Å². The number of halogens is 3. The van der Waals surface area contributed by atoms with Crippen molar-refractivity contribution in [1.82, 2.24) is 5.32 Å². The van der Waals surface area contributed by atoms with Crippen molar-refractivity contribution in [2.45, 2.75) is 38.4 Å². The van der Waals surface area contributed by atoms with Crippen LogP contribution in [0.2, 0.25) is 0 Å². The molecule has 0 heterocycles. The minimum atomic E-state index is -4.45. The Kier molecular flexibility index (Phi) is 5.45. The summed E-state index contributed by atoms with van der Waals surface area (Å²) in [5, 5.41) is 14.7. The standard InChI is InChI=1S/C17H20F3N3O2/c1-11-3-6-13(14(7-11)25-10-17(18,19)20)22-8-15(24)23-16(2,9-21)12-4-5-12/h3,6-7,12,22H,4-5,8,10H2,1-2H3,(H,23,24)/t16-/m1/s1. The summed E-state index contributed by atoms with van der Waals surface area (Å²) in [6.45, 7) is 1.82. The molecule has 0 spiro atoms. The molecule has 2 N–H and O–H groups in total. The molecule has 1 atom stereocenters. The van der Waals surface area contributed by atoms with E-state index in [1.807, 2.05) is 0 Å². The lowest BCUT2D eigenvalue weighted by Gasteiger charge is -2.23. The summed E-state index contributed by atoms with van der Waals surface area (Å²) >= 11 is 0. The molecule has 1 fully saturated rings. The number of anilines is 1. The maximum Gasteiger partial charge on any atom is 0.422 e. The minimum Gasteiger partial charge on any atom is -0.482 e. The number of rotatable bonds is 7. The third-order valence-corrected chi connectivity index (χ3v) is 3.99. The van der Waals surface area contributed by atoms with Gasteiger partial charge in [0, 0.05) is 0 Å². The molecular weight excluding hydrogens is 335 g/mol. The first-order valence-electron chi connectivity index (χ1n) is 7.89. The van der Waals surface area contributed by atoms with E-state index in [1.165, 1.54) is 6.07 Å². The molecule has 0 saturated heterocycles. The average molecular weight is 355 g/mol. The molecule has 1 aliphatic carbocycles. The van der Waals surface area contributed by atoms with Crippen molar-refractivity contribution in [3.05, 3.63) is 23.8 Å². The van der Waals surface area contributed by atoms with Gasteiger partial charge in [-0.05, 0) is 50.3 Å². The monoisotopic (exact) mass is 355 g/mol. The fourth-order valence-electron chi connectivity index (χ4n) is 2.45. The summed E-state index contributed by atoms with van der Waals surface area (Å²) in [6.07, 6.45) is -2.66. The average Bonchev–Trinajstić information content (AvgIpc) is 3.36. The summed E-state index contributed by atoms with van der Waals surface area (Å²) in [5.74, 6) is -0.236. The summed E-state index contributed by atoms with van der Waals surface area (Å²) in [4.78, 5) is 12.1. The van der Waals surface area contributed by atoms with E-state index in [9.17, 15) is 23.2 Å². The SMILES string of the molecule is Cc1ccc(NCC(=O)N[C@](C)(C#N)C2CC2)c(OCC(F)(F)F)c1. The Labute approximate surface area is 144 Å². The maximum absolute atomic E-state index is 12.4. The fraction of sp³-hybridized carbons (Fsp3) is 0.529. The predicted molar refractivity (Wildman–Crippen MR) is 86.1 cm³/mol. The van der Waals surface area contributed by atoms with Gasteiger partial charge in [-0.2, -0.15) is 18.4 Å². The Morgan fingerprint density at radius 2 is 2.08 bits per heavy atom. The number of hydrogen-bond donors (Lipinski definition) is 2. The Bertz CT molecular complexity index is 681. The van der Waals surface area contributed by atoms with Crippen LogP contribution in [0.25, 0.3) is 0 Å². The second kappa shape index (κ2) is 7.21. The quantitative estimate of drug-likeness (QED) is 0.788. The summed E-state index contributed by atoms with van der Waals surface area (Å²) in [7, 11) is 0. The van der Waals surface area contributed by atoms with Gasteiger partial charge in [-0.25, -0.2) is 0 Å². The van der Waals surface area contributed by atoms with E-state index in [0.29, 0.717) is 0 Å². The molecule has 5 nitrogen and oxygen atoms in total.